The van der Waals surface area contributed by atoms with Crippen molar-refractivity contribution in [2.45, 2.75) is 51.7 Å². The van der Waals surface area contributed by atoms with Crippen LogP contribution < -0.4 is 15.4 Å². The molecule has 1 saturated carbocycles. The molecular weight excluding hydrogens is 502 g/mol. The topological polar surface area (TPSA) is 142 Å². The fraction of sp³-hybridized carbons (Fsp3) is 0.407. The molecule has 12 heteroatoms. The molecule has 3 aromatic heterocycles. The molecule has 0 radical (unpaired) electrons. The minimum atomic E-state index is -0.795. The van der Waals surface area contributed by atoms with E-state index < -0.39 is 12.1 Å². The number of ether oxygens (including phenoxy) is 2. The SMILES string of the molecule is COc1cc2nn(C3CCC(CNC(=O)[C@@H](C)OC(C)=O)CC3)cc2cc1C(=O)Nc1cnn2cnccc12. The van der Waals surface area contributed by atoms with Gasteiger partial charge in [-0.1, -0.05) is 0 Å². The summed E-state index contributed by atoms with van der Waals surface area (Å²) in [4.78, 5) is 40.4. The number of aromatic nitrogens is 5. The third-order valence-corrected chi connectivity index (χ3v) is 7.13. The van der Waals surface area contributed by atoms with Gasteiger partial charge in [-0.05, 0) is 50.7 Å². The molecule has 1 atom stereocenters. The quantitative estimate of drug-likeness (QED) is 0.329. The Morgan fingerprint density at radius 3 is 2.72 bits per heavy atom. The standard InChI is InChI=1S/C27H31N7O5/c1-16(39-17(2)35)26(36)29-12-18-4-6-20(7-5-18)33-14-19-10-21(25(38-3)11-22(19)32-33)27(37)31-23-13-30-34-15-28-9-8-24(23)34/h8-11,13-16,18,20H,4-7,12H2,1-3H3,(H,29,36)(H,31,37)/t16-,18?,20?/m1/s1. The number of carbonyl (C=O) groups excluding carboxylic acids is 3. The Hall–Kier alpha value is -4.48. The number of nitrogens with one attached hydrogen (secondary N) is 2. The molecule has 0 saturated heterocycles. The van der Waals surface area contributed by atoms with Crippen molar-refractivity contribution in [1.82, 2.24) is 29.7 Å². The Morgan fingerprint density at radius 2 is 1.97 bits per heavy atom. The number of esters is 1. The maximum absolute atomic E-state index is 13.2. The minimum Gasteiger partial charge on any atom is -0.496 e. The van der Waals surface area contributed by atoms with Crippen LogP contribution in [-0.4, -0.2) is 61.9 Å². The van der Waals surface area contributed by atoms with E-state index in [1.54, 1.807) is 48.4 Å². The number of hydrogen-bond donors (Lipinski definition) is 2. The lowest BCUT2D eigenvalue weighted by molar-refractivity contribution is -0.152. The summed E-state index contributed by atoms with van der Waals surface area (Å²) >= 11 is 0. The van der Waals surface area contributed by atoms with Crippen LogP contribution in [0.25, 0.3) is 16.4 Å². The zero-order valence-corrected chi connectivity index (χ0v) is 22.1. The van der Waals surface area contributed by atoms with E-state index in [2.05, 4.69) is 20.7 Å². The molecule has 1 aliphatic rings. The van der Waals surface area contributed by atoms with Crippen molar-refractivity contribution in [3.63, 3.8) is 0 Å². The van der Waals surface area contributed by atoms with Gasteiger partial charge in [-0.3, -0.25) is 19.1 Å². The van der Waals surface area contributed by atoms with Crippen LogP contribution in [0.2, 0.25) is 0 Å². The molecule has 0 bridgehead atoms. The predicted molar refractivity (Wildman–Crippen MR) is 142 cm³/mol. The van der Waals surface area contributed by atoms with E-state index in [1.165, 1.54) is 14.0 Å². The summed E-state index contributed by atoms with van der Waals surface area (Å²) in [7, 11) is 1.53. The molecular formula is C27H31N7O5. The van der Waals surface area contributed by atoms with Crippen molar-refractivity contribution in [2.24, 2.45) is 5.92 Å². The molecule has 0 spiro atoms. The second kappa shape index (κ2) is 11.1. The molecule has 12 nitrogen and oxygen atoms in total. The number of amides is 2. The average molecular weight is 534 g/mol. The lowest BCUT2D eigenvalue weighted by Crippen LogP contribution is -2.38. The number of carbonyl (C=O) groups is 3. The van der Waals surface area contributed by atoms with Gasteiger partial charge in [0.1, 0.15) is 12.1 Å². The Bertz CT molecular complexity index is 1520. The van der Waals surface area contributed by atoms with E-state index in [1.807, 2.05) is 10.9 Å². The van der Waals surface area contributed by atoms with E-state index in [4.69, 9.17) is 14.6 Å². The van der Waals surface area contributed by atoms with Gasteiger partial charge in [0.05, 0.1) is 41.6 Å². The van der Waals surface area contributed by atoms with Gasteiger partial charge in [0, 0.05) is 37.3 Å². The molecule has 2 amide bonds. The van der Waals surface area contributed by atoms with Gasteiger partial charge in [0.15, 0.2) is 6.10 Å². The number of fused-ring (bicyclic) bond motifs is 2. The van der Waals surface area contributed by atoms with Gasteiger partial charge in [-0.2, -0.15) is 10.2 Å². The Kier molecular flexibility index (Phi) is 7.44. The summed E-state index contributed by atoms with van der Waals surface area (Å²) in [5.74, 6) is -0.270. The molecule has 1 aromatic carbocycles. The van der Waals surface area contributed by atoms with E-state index in [9.17, 15) is 14.4 Å². The van der Waals surface area contributed by atoms with Gasteiger partial charge in [0.25, 0.3) is 11.8 Å². The molecule has 0 unspecified atom stereocenters. The molecule has 1 aliphatic carbocycles. The zero-order chi connectivity index (χ0) is 27.5. The predicted octanol–water partition coefficient (Wildman–Crippen LogP) is 3.14. The van der Waals surface area contributed by atoms with E-state index in [-0.39, 0.29) is 17.9 Å². The van der Waals surface area contributed by atoms with Gasteiger partial charge in [-0.25, -0.2) is 9.50 Å². The summed E-state index contributed by atoms with van der Waals surface area (Å²) in [6.45, 7) is 3.41. The molecule has 1 fully saturated rings. The normalized spacial score (nSPS) is 18.0. The third kappa shape index (κ3) is 5.69. The van der Waals surface area contributed by atoms with Gasteiger partial charge in [0.2, 0.25) is 0 Å². The van der Waals surface area contributed by atoms with Crippen molar-refractivity contribution in [1.29, 1.82) is 0 Å². The molecule has 39 heavy (non-hydrogen) atoms. The van der Waals surface area contributed by atoms with Crippen molar-refractivity contribution < 1.29 is 23.9 Å². The zero-order valence-electron chi connectivity index (χ0n) is 22.1. The summed E-state index contributed by atoms with van der Waals surface area (Å²) in [5.41, 5.74) is 2.47. The fourth-order valence-electron chi connectivity index (χ4n) is 5.04. The highest BCUT2D eigenvalue weighted by molar-refractivity contribution is 6.09. The van der Waals surface area contributed by atoms with Crippen molar-refractivity contribution in [3.8, 4) is 5.75 Å². The monoisotopic (exact) mass is 533 g/mol. The van der Waals surface area contributed by atoms with E-state index in [0.717, 1.165) is 42.1 Å². The molecule has 5 rings (SSSR count). The van der Waals surface area contributed by atoms with Crippen LogP contribution in [0.3, 0.4) is 0 Å². The van der Waals surface area contributed by atoms with Crippen LogP contribution in [0.5, 0.6) is 5.75 Å². The molecule has 0 aliphatic heterocycles. The van der Waals surface area contributed by atoms with Crippen LogP contribution in [0.15, 0.2) is 43.1 Å². The number of nitrogens with zero attached hydrogens (tertiary/aromatic N) is 5. The van der Waals surface area contributed by atoms with Crippen molar-refractivity contribution >= 4 is 39.9 Å². The first-order valence-corrected chi connectivity index (χ1v) is 12.9. The molecule has 2 N–H and O–H groups in total. The van der Waals surface area contributed by atoms with Gasteiger partial charge in [-0.15, -0.1) is 0 Å². The van der Waals surface area contributed by atoms with Crippen molar-refractivity contribution in [3.05, 3.63) is 48.7 Å². The fourth-order valence-corrected chi connectivity index (χ4v) is 5.04. The summed E-state index contributed by atoms with van der Waals surface area (Å²) in [6.07, 6.45) is 9.69. The number of methoxy groups -OCH3 is 1. The third-order valence-electron chi connectivity index (χ3n) is 7.13. The van der Waals surface area contributed by atoms with Crippen LogP contribution in [0, 0.1) is 5.92 Å². The Morgan fingerprint density at radius 1 is 1.18 bits per heavy atom. The van der Waals surface area contributed by atoms with E-state index in [0.29, 0.717) is 29.5 Å². The van der Waals surface area contributed by atoms with Crippen LogP contribution in [0.4, 0.5) is 5.69 Å². The van der Waals surface area contributed by atoms with Crippen LogP contribution >= 0.6 is 0 Å². The first-order valence-electron chi connectivity index (χ1n) is 12.9. The number of rotatable bonds is 8. The molecule has 4 aromatic rings. The van der Waals surface area contributed by atoms with Gasteiger partial charge >= 0.3 is 5.97 Å². The lowest BCUT2D eigenvalue weighted by Gasteiger charge is -2.29. The molecule has 204 valence electrons. The minimum absolute atomic E-state index is 0.222. The largest absolute Gasteiger partial charge is 0.496 e. The first kappa shape index (κ1) is 26.1. The summed E-state index contributed by atoms with van der Waals surface area (Å²) in [6, 6.07) is 5.58. The highest BCUT2D eigenvalue weighted by atomic mass is 16.5. The van der Waals surface area contributed by atoms with E-state index >= 15 is 0 Å². The second-order valence-electron chi connectivity index (χ2n) is 9.81. The van der Waals surface area contributed by atoms with Crippen molar-refractivity contribution in [2.75, 3.05) is 19.0 Å². The lowest BCUT2D eigenvalue weighted by atomic mass is 9.86. The van der Waals surface area contributed by atoms with Gasteiger partial charge < -0.3 is 20.1 Å². The highest BCUT2D eigenvalue weighted by Gasteiger charge is 2.25. The first-order chi connectivity index (χ1) is 18.8. The molecule has 3 heterocycles. The summed E-state index contributed by atoms with van der Waals surface area (Å²) < 4.78 is 14.0. The summed E-state index contributed by atoms with van der Waals surface area (Å²) in [5, 5.41) is 15.6. The van der Waals surface area contributed by atoms with Crippen LogP contribution in [0.1, 0.15) is 55.9 Å². The maximum Gasteiger partial charge on any atom is 0.303 e. The second-order valence-corrected chi connectivity index (χ2v) is 9.81. The maximum atomic E-state index is 13.2. The number of hydrogen-bond acceptors (Lipinski definition) is 8. The number of benzene rings is 1. The average Bonchev–Trinajstić information content (AvgIpc) is 3.54. The van der Waals surface area contributed by atoms with Crippen LogP contribution in [-0.2, 0) is 14.3 Å². The Balaban J connectivity index is 1.24. The smallest absolute Gasteiger partial charge is 0.303 e. The number of anilines is 1. The highest BCUT2D eigenvalue weighted by Crippen LogP contribution is 2.34. The Labute approximate surface area is 224 Å².